The van der Waals surface area contributed by atoms with E-state index in [1.54, 1.807) is 0 Å². The van der Waals surface area contributed by atoms with Crippen molar-refractivity contribution in [1.82, 2.24) is 5.48 Å². The van der Waals surface area contributed by atoms with E-state index in [4.69, 9.17) is 4.84 Å². The topological polar surface area (TPSA) is 21.3 Å². The lowest BCUT2D eigenvalue weighted by molar-refractivity contribution is 0.000143. The highest BCUT2D eigenvalue weighted by Crippen LogP contribution is 2.15. The van der Waals surface area contributed by atoms with Crippen molar-refractivity contribution in [1.29, 1.82) is 0 Å². The van der Waals surface area contributed by atoms with Crippen molar-refractivity contribution in [3.8, 4) is 11.8 Å². The predicted octanol–water partition coefficient (Wildman–Crippen LogP) is 4.50. The molecule has 3 rings (SSSR count). The zero-order chi connectivity index (χ0) is 16.5. The molecule has 0 aliphatic heterocycles. The Balaban J connectivity index is 1.70. The van der Waals surface area contributed by atoms with Gasteiger partial charge in [0, 0.05) is 12.1 Å². The molecule has 0 aromatic heterocycles. The van der Waals surface area contributed by atoms with Gasteiger partial charge in [-0.15, -0.1) is 0 Å². The van der Waals surface area contributed by atoms with Crippen LogP contribution in [0.3, 0.4) is 0 Å². The van der Waals surface area contributed by atoms with Crippen LogP contribution in [0.4, 0.5) is 0 Å². The standard InChI is InChI=1S/C22H19NO/c1-4-10-19(11-5-1)16-17-22(21-14-8-3-9-15-21)24-23-18-20-12-6-2-7-13-20/h1-15,22-23H,18H2. The fraction of sp³-hybridized carbons (Fsp3) is 0.0909. The molecule has 24 heavy (non-hydrogen) atoms. The average molecular weight is 313 g/mol. The summed E-state index contributed by atoms with van der Waals surface area (Å²) in [7, 11) is 0. The highest BCUT2D eigenvalue weighted by Gasteiger charge is 2.08. The van der Waals surface area contributed by atoms with Crippen LogP contribution in [-0.4, -0.2) is 0 Å². The van der Waals surface area contributed by atoms with Crippen molar-refractivity contribution in [2.24, 2.45) is 0 Å². The fourth-order valence-corrected chi connectivity index (χ4v) is 2.28. The molecule has 2 nitrogen and oxygen atoms in total. The molecule has 1 atom stereocenters. The number of hydrogen-bond acceptors (Lipinski definition) is 2. The van der Waals surface area contributed by atoms with Crippen LogP contribution in [0.5, 0.6) is 0 Å². The van der Waals surface area contributed by atoms with Gasteiger partial charge in [-0.2, -0.15) is 5.48 Å². The van der Waals surface area contributed by atoms with Gasteiger partial charge in [0.15, 0.2) is 6.10 Å². The molecule has 2 heteroatoms. The minimum absolute atomic E-state index is 0.324. The molecule has 0 radical (unpaired) electrons. The number of hydroxylamine groups is 1. The minimum Gasteiger partial charge on any atom is -0.280 e. The van der Waals surface area contributed by atoms with Crippen molar-refractivity contribution in [2.75, 3.05) is 0 Å². The Morgan fingerprint density at radius 2 is 1.33 bits per heavy atom. The van der Waals surface area contributed by atoms with Gasteiger partial charge in [-0.3, -0.25) is 4.84 Å². The summed E-state index contributed by atoms with van der Waals surface area (Å²) >= 11 is 0. The highest BCUT2D eigenvalue weighted by atomic mass is 16.7. The normalized spacial score (nSPS) is 11.3. The second-order valence-electron chi connectivity index (χ2n) is 5.35. The average Bonchev–Trinajstić information content (AvgIpc) is 2.67. The van der Waals surface area contributed by atoms with Crippen LogP contribution in [0.15, 0.2) is 91.0 Å². The van der Waals surface area contributed by atoms with Crippen LogP contribution in [0, 0.1) is 11.8 Å². The van der Waals surface area contributed by atoms with Crippen LogP contribution in [0.2, 0.25) is 0 Å². The molecule has 3 aromatic rings. The Labute approximate surface area is 143 Å². The Morgan fingerprint density at radius 3 is 2.00 bits per heavy atom. The van der Waals surface area contributed by atoms with E-state index >= 15 is 0 Å². The smallest absolute Gasteiger partial charge is 0.165 e. The van der Waals surface area contributed by atoms with Crippen LogP contribution in [0.25, 0.3) is 0 Å². The maximum Gasteiger partial charge on any atom is 0.165 e. The molecule has 0 bridgehead atoms. The third-order valence-electron chi connectivity index (χ3n) is 3.54. The summed E-state index contributed by atoms with van der Waals surface area (Å²) in [6, 6.07) is 30.1. The Morgan fingerprint density at radius 1 is 0.750 bits per heavy atom. The minimum atomic E-state index is -0.324. The number of rotatable bonds is 5. The molecule has 0 amide bonds. The lowest BCUT2D eigenvalue weighted by Gasteiger charge is -2.13. The van der Waals surface area contributed by atoms with Crippen molar-refractivity contribution in [3.05, 3.63) is 108 Å². The third kappa shape index (κ3) is 4.82. The second kappa shape index (κ2) is 8.69. The maximum absolute atomic E-state index is 5.83. The third-order valence-corrected chi connectivity index (χ3v) is 3.54. The highest BCUT2D eigenvalue weighted by molar-refractivity contribution is 5.36. The summed E-state index contributed by atoms with van der Waals surface area (Å²) in [5.41, 5.74) is 6.21. The molecule has 0 saturated carbocycles. The molecule has 1 N–H and O–H groups in total. The molecule has 0 heterocycles. The van der Waals surface area contributed by atoms with Gasteiger partial charge in [-0.1, -0.05) is 90.7 Å². The monoisotopic (exact) mass is 313 g/mol. The van der Waals surface area contributed by atoms with E-state index < -0.39 is 0 Å². The van der Waals surface area contributed by atoms with E-state index in [1.165, 1.54) is 5.56 Å². The first-order chi connectivity index (χ1) is 11.9. The molecule has 0 saturated heterocycles. The first-order valence-corrected chi connectivity index (χ1v) is 7.96. The zero-order valence-corrected chi connectivity index (χ0v) is 13.4. The van der Waals surface area contributed by atoms with Crippen molar-refractivity contribution in [2.45, 2.75) is 12.6 Å². The SMILES string of the molecule is C(#CC(ONCc1ccccc1)c1ccccc1)c1ccccc1. The van der Waals surface area contributed by atoms with E-state index in [1.807, 2.05) is 78.9 Å². The Kier molecular flexibility index (Phi) is 5.80. The van der Waals surface area contributed by atoms with Crippen LogP contribution in [0.1, 0.15) is 22.8 Å². The van der Waals surface area contributed by atoms with Crippen molar-refractivity contribution < 1.29 is 4.84 Å². The van der Waals surface area contributed by atoms with E-state index in [9.17, 15) is 0 Å². The largest absolute Gasteiger partial charge is 0.280 e. The van der Waals surface area contributed by atoms with Gasteiger partial charge in [-0.05, 0) is 23.3 Å². The summed E-state index contributed by atoms with van der Waals surface area (Å²) in [6.07, 6.45) is -0.324. The van der Waals surface area contributed by atoms with Crippen LogP contribution in [-0.2, 0) is 11.4 Å². The van der Waals surface area contributed by atoms with E-state index in [-0.39, 0.29) is 6.10 Å². The Bertz CT molecular complexity index is 789. The van der Waals surface area contributed by atoms with Gasteiger partial charge in [0.2, 0.25) is 0 Å². The van der Waals surface area contributed by atoms with E-state index in [0.717, 1.165) is 11.1 Å². The zero-order valence-electron chi connectivity index (χ0n) is 13.4. The lowest BCUT2D eigenvalue weighted by atomic mass is 10.1. The molecule has 0 fully saturated rings. The van der Waals surface area contributed by atoms with Gasteiger partial charge in [0.05, 0.1) is 0 Å². The molecule has 0 aliphatic rings. The molecular weight excluding hydrogens is 294 g/mol. The molecule has 0 aliphatic carbocycles. The first-order valence-electron chi connectivity index (χ1n) is 7.96. The fourth-order valence-electron chi connectivity index (χ4n) is 2.28. The van der Waals surface area contributed by atoms with Crippen molar-refractivity contribution in [3.63, 3.8) is 0 Å². The van der Waals surface area contributed by atoms with Crippen LogP contribution >= 0.6 is 0 Å². The van der Waals surface area contributed by atoms with Gasteiger partial charge in [0.1, 0.15) is 0 Å². The van der Waals surface area contributed by atoms with Crippen molar-refractivity contribution >= 4 is 0 Å². The number of nitrogens with one attached hydrogen (secondary N) is 1. The summed E-state index contributed by atoms with van der Waals surface area (Å²) in [6.45, 7) is 0.636. The van der Waals surface area contributed by atoms with Gasteiger partial charge < -0.3 is 0 Å². The molecule has 3 aromatic carbocycles. The quantitative estimate of drug-likeness (QED) is 0.553. The Hall–Kier alpha value is -2.86. The summed E-state index contributed by atoms with van der Waals surface area (Å²) in [4.78, 5) is 5.83. The molecule has 118 valence electrons. The van der Waals surface area contributed by atoms with Gasteiger partial charge >= 0.3 is 0 Å². The van der Waals surface area contributed by atoms with Crippen LogP contribution < -0.4 is 5.48 Å². The second-order valence-corrected chi connectivity index (χ2v) is 5.35. The van der Waals surface area contributed by atoms with E-state index in [2.05, 4.69) is 29.5 Å². The van der Waals surface area contributed by atoms with Gasteiger partial charge in [0.25, 0.3) is 0 Å². The number of hydrogen-bond donors (Lipinski definition) is 1. The summed E-state index contributed by atoms with van der Waals surface area (Å²) in [5.74, 6) is 6.38. The molecule has 1 unspecified atom stereocenters. The molecular formula is C22H19NO. The lowest BCUT2D eigenvalue weighted by Crippen LogP contribution is -2.17. The van der Waals surface area contributed by atoms with E-state index in [0.29, 0.717) is 6.54 Å². The molecule has 0 spiro atoms. The first kappa shape index (κ1) is 16.0. The van der Waals surface area contributed by atoms with Gasteiger partial charge in [-0.25, -0.2) is 0 Å². The predicted molar refractivity (Wildman–Crippen MR) is 96.9 cm³/mol. The summed E-state index contributed by atoms with van der Waals surface area (Å²) in [5, 5.41) is 0. The summed E-state index contributed by atoms with van der Waals surface area (Å²) < 4.78 is 0. The number of benzene rings is 3. The maximum atomic E-state index is 5.83.